The second kappa shape index (κ2) is 4.46. The lowest BCUT2D eigenvalue weighted by Crippen LogP contribution is -2.34. The fourth-order valence-electron chi connectivity index (χ4n) is 1.44. The molecule has 1 atom stereocenters. The van der Waals surface area contributed by atoms with Crippen LogP contribution in [0.15, 0.2) is 0 Å². The zero-order chi connectivity index (χ0) is 8.10. The number of hydrogen-bond donors (Lipinski definition) is 2. The highest BCUT2D eigenvalue weighted by Gasteiger charge is 2.19. The topological polar surface area (TPSA) is 49.3 Å². The highest BCUT2D eigenvalue weighted by molar-refractivity contribution is 5.81. The van der Waals surface area contributed by atoms with Gasteiger partial charge in [-0.25, -0.2) is 0 Å². The Labute approximate surface area is 66.8 Å². The van der Waals surface area contributed by atoms with E-state index in [-0.39, 0.29) is 18.3 Å². The number of Topliss-reactive ketones (excluding diaryl/α,β-unsaturated/α-hetero) is 1. The van der Waals surface area contributed by atoms with E-state index in [9.17, 15) is 4.79 Å². The van der Waals surface area contributed by atoms with Crippen molar-refractivity contribution in [3.05, 3.63) is 0 Å². The van der Waals surface area contributed by atoms with Gasteiger partial charge >= 0.3 is 0 Å². The molecule has 1 unspecified atom stereocenters. The molecule has 11 heavy (non-hydrogen) atoms. The minimum atomic E-state index is -0.00463. The Morgan fingerprint density at radius 3 is 3.00 bits per heavy atom. The van der Waals surface area contributed by atoms with E-state index in [0.717, 1.165) is 25.9 Å². The van der Waals surface area contributed by atoms with Crippen molar-refractivity contribution in [1.29, 1.82) is 0 Å². The SMILES string of the molecule is O=C(CCO)C1CCCNC1. The number of carbonyl (C=O) groups is 1. The quantitative estimate of drug-likeness (QED) is 0.603. The van der Waals surface area contributed by atoms with Crippen LogP contribution in [-0.2, 0) is 4.79 Å². The van der Waals surface area contributed by atoms with Gasteiger partial charge in [0.1, 0.15) is 5.78 Å². The normalized spacial score (nSPS) is 25.0. The third-order valence-electron chi connectivity index (χ3n) is 2.11. The summed E-state index contributed by atoms with van der Waals surface area (Å²) in [5, 5.41) is 11.7. The molecule has 0 aromatic carbocycles. The van der Waals surface area contributed by atoms with Gasteiger partial charge < -0.3 is 10.4 Å². The number of ketones is 1. The molecule has 0 radical (unpaired) electrons. The van der Waals surface area contributed by atoms with Crippen LogP contribution in [0.2, 0.25) is 0 Å². The number of aliphatic hydroxyl groups excluding tert-OH is 1. The lowest BCUT2D eigenvalue weighted by molar-refractivity contribution is -0.123. The van der Waals surface area contributed by atoms with Crippen molar-refractivity contribution in [2.75, 3.05) is 19.7 Å². The summed E-state index contributed by atoms with van der Waals surface area (Å²) in [6.07, 6.45) is 2.40. The second-order valence-electron chi connectivity index (χ2n) is 2.98. The fourth-order valence-corrected chi connectivity index (χ4v) is 1.44. The molecule has 1 heterocycles. The summed E-state index contributed by atoms with van der Waals surface area (Å²) >= 11 is 0. The molecule has 64 valence electrons. The Kier molecular flexibility index (Phi) is 3.52. The molecule has 0 saturated carbocycles. The van der Waals surface area contributed by atoms with Crippen LogP contribution in [0.5, 0.6) is 0 Å². The zero-order valence-corrected chi connectivity index (χ0v) is 6.68. The number of nitrogens with one attached hydrogen (secondary N) is 1. The smallest absolute Gasteiger partial charge is 0.139 e. The monoisotopic (exact) mass is 157 g/mol. The second-order valence-corrected chi connectivity index (χ2v) is 2.98. The predicted octanol–water partition coefficient (Wildman–Crippen LogP) is -0.0625. The highest BCUT2D eigenvalue weighted by atomic mass is 16.3. The van der Waals surface area contributed by atoms with Gasteiger partial charge in [-0.3, -0.25) is 4.79 Å². The minimum Gasteiger partial charge on any atom is -0.396 e. The van der Waals surface area contributed by atoms with E-state index in [1.54, 1.807) is 0 Å². The van der Waals surface area contributed by atoms with Crippen LogP contribution in [0.1, 0.15) is 19.3 Å². The molecule has 1 aliphatic heterocycles. The maximum absolute atomic E-state index is 11.2. The summed E-state index contributed by atoms with van der Waals surface area (Å²) in [5.41, 5.74) is 0. The summed E-state index contributed by atoms with van der Waals surface area (Å²) in [6.45, 7) is 1.83. The van der Waals surface area contributed by atoms with Gasteiger partial charge in [-0.15, -0.1) is 0 Å². The first-order valence-electron chi connectivity index (χ1n) is 4.19. The van der Waals surface area contributed by atoms with E-state index >= 15 is 0 Å². The first-order chi connectivity index (χ1) is 5.34. The van der Waals surface area contributed by atoms with Gasteiger partial charge in [-0.1, -0.05) is 0 Å². The van der Waals surface area contributed by atoms with E-state index in [4.69, 9.17) is 5.11 Å². The molecule has 1 aliphatic rings. The largest absolute Gasteiger partial charge is 0.396 e. The summed E-state index contributed by atoms with van der Waals surface area (Å²) in [6, 6.07) is 0. The van der Waals surface area contributed by atoms with Gasteiger partial charge in [0.15, 0.2) is 0 Å². The third kappa shape index (κ3) is 2.60. The van der Waals surface area contributed by atoms with E-state index in [2.05, 4.69) is 5.32 Å². The molecule has 1 fully saturated rings. The third-order valence-corrected chi connectivity index (χ3v) is 2.11. The standard InChI is InChI=1S/C8H15NO2/c10-5-3-8(11)7-2-1-4-9-6-7/h7,9-10H,1-6H2. The molecule has 0 bridgehead atoms. The van der Waals surface area contributed by atoms with E-state index in [1.807, 2.05) is 0 Å². The Bertz CT molecular complexity index is 130. The minimum absolute atomic E-state index is 0.00463. The Balaban J connectivity index is 2.27. The van der Waals surface area contributed by atoms with E-state index in [0.29, 0.717) is 6.42 Å². The lowest BCUT2D eigenvalue weighted by atomic mass is 9.94. The molecular formula is C8H15NO2. The summed E-state index contributed by atoms with van der Waals surface area (Å²) in [7, 11) is 0. The van der Waals surface area contributed by atoms with Gasteiger partial charge in [0, 0.05) is 25.5 Å². The predicted molar refractivity (Wildman–Crippen MR) is 42.3 cm³/mol. The first kappa shape index (κ1) is 8.68. The van der Waals surface area contributed by atoms with Gasteiger partial charge in [-0.2, -0.15) is 0 Å². The van der Waals surface area contributed by atoms with Crippen LogP contribution in [-0.4, -0.2) is 30.6 Å². The molecule has 0 amide bonds. The van der Waals surface area contributed by atoms with Crippen molar-refractivity contribution in [2.45, 2.75) is 19.3 Å². The van der Waals surface area contributed by atoms with Crippen LogP contribution in [0.25, 0.3) is 0 Å². The molecule has 0 aliphatic carbocycles. The van der Waals surface area contributed by atoms with Gasteiger partial charge in [0.25, 0.3) is 0 Å². The average molecular weight is 157 g/mol. The molecule has 1 saturated heterocycles. The fraction of sp³-hybridized carbons (Fsp3) is 0.875. The van der Waals surface area contributed by atoms with E-state index < -0.39 is 0 Å². The Hall–Kier alpha value is -0.410. The zero-order valence-electron chi connectivity index (χ0n) is 6.68. The lowest BCUT2D eigenvalue weighted by Gasteiger charge is -2.20. The number of carbonyl (C=O) groups excluding carboxylic acids is 1. The Morgan fingerprint density at radius 1 is 1.64 bits per heavy atom. The molecular weight excluding hydrogens is 142 g/mol. The summed E-state index contributed by atoms with van der Waals surface area (Å²) in [4.78, 5) is 11.2. The molecule has 3 nitrogen and oxygen atoms in total. The van der Waals surface area contributed by atoms with Gasteiger partial charge in [0.2, 0.25) is 0 Å². The maximum atomic E-state index is 11.2. The average Bonchev–Trinajstić information content (AvgIpc) is 2.07. The van der Waals surface area contributed by atoms with Crippen LogP contribution < -0.4 is 5.32 Å². The molecule has 3 heteroatoms. The highest BCUT2D eigenvalue weighted by Crippen LogP contribution is 2.12. The van der Waals surface area contributed by atoms with Crippen molar-refractivity contribution in [1.82, 2.24) is 5.32 Å². The van der Waals surface area contributed by atoms with Crippen molar-refractivity contribution >= 4 is 5.78 Å². The molecule has 0 aromatic heterocycles. The number of aliphatic hydroxyl groups is 1. The maximum Gasteiger partial charge on any atom is 0.139 e. The van der Waals surface area contributed by atoms with Crippen LogP contribution in [0.3, 0.4) is 0 Å². The molecule has 0 aromatic rings. The molecule has 0 spiro atoms. The van der Waals surface area contributed by atoms with Crippen molar-refractivity contribution in [3.8, 4) is 0 Å². The van der Waals surface area contributed by atoms with Crippen LogP contribution in [0, 0.1) is 5.92 Å². The summed E-state index contributed by atoms with van der Waals surface area (Å²) in [5.74, 6) is 0.371. The number of rotatable bonds is 3. The van der Waals surface area contributed by atoms with E-state index in [1.165, 1.54) is 0 Å². The van der Waals surface area contributed by atoms with Gasteiger partial charge in [-0.05, 0) is 19.4 Å². The van der Waals surface area contributed by atoms with Crippen molar-refractivity contribution in [2.24, 2.45) is 5.92 Å². The van der Waals surface area contributed by atoms with Gasteiger partial charge in [0.05, 0.1) is 0 Å². The van der Waals surface area contributed by atoms with Crippen LogP contribution in [0.4, 0.5) is 0 Å². The first-order valence-corrected chi connectivity index (χ1v) is 4.19. The molecule has 1 rings (SSSR count). The Morgan fingerprint density at radius 2 is 2.45 bits per heavy atom. The van der Waals surface area contributed by atoms with Crippen molar-refractivity contribution < 1.29 is 9.90 Å². The molecule has 2 N–H and O–H groups in total. The van der Waals surface area contributed by atoms with Crippen molar-refractivity contribution in [3.63, 3.8) is 0 Å². The number of piperidine rings is 1. The van der Waals surface area contributed by atoms with Crippen LogP contribution >= 0.6 is 0 Å². The number of hydrogen-bond acceptors (Lipinski definition) is 3. The summed E-state index contributed by atoms with van der Waals surface area (Å²) < 4.78 is 0.